The van der Waals surface area contributed by atoms with Gasteiger partial charge >= 0.3 is 0 Å². The summed E-state index contributed by atoms with van der Waals surface area (Å²) < 4.78 is 5.34. The molecule has 1 unspecified atom stereocenters. The Bertz CT molecular complexity index is 433. The van der Waals surface area contributed by atoms with Crippen molar-refractivity contribution in [3.63, 3.8) is 0 Å². The fourth-order valence-corrected chi connectivity index (χ4v) is 1.60. The molecule has 1 heterocycles. The molecule has 0 amide bonds. The molecule has 3 heteroatoms. The Balaban J connectivity index is 2.39. The lowest BCUT2D eigenvalue weighted by Gasteiger charge is -2.23. The maximum atomic E-state index is 11.7. The first-order chi connectivity index (χ1) is 7.16. The van der Waals surface area contributed by atoms with Gasteiger partial charge in [0.05, 0.1) is 0 Å². The molecule has 2 rings (SSSR count). The van der Waals surface area contributed by atoms with Crippen molar-refractivity contribution in [3.8, 4) is 0 Å². The highest BCUT2D eigenvalue weighted by atomic mass is 16.5. The zero-order valence-electron chi connectivity index (χ0n) is 8.27. The summed E-state index contributed by atoms with van der Waals surface area (Å²) >= 11 is 0. The predicted octanol–water partition coefficient (Wildman–Crippen LogP) is 1.58. The van der Waals surface area contributed by atoms with Gasteiger partial charge < -0.3 is 4.74 Å². The number of hydrogen-bond acceptors (Lipinski definition) is 3. The van der Waals surface area contributed by atoms with Crippen LogP contribution in [0.2, 0.25) is 0 Å². The van der Waals surface area contributed by atoms with Crippen molar-refractivity contribution in [1.29, 1.82) is 0 Å². The minimum absolute atomic E-state index is 0.0892. The molecule has 3 nitrogen and oxygen atoms in total. The van der Waals surface area contributed by atoms with E-state index in [1.807, 2.05) is 18.2 Å². The second kappa shape index (κ2) is 3.35. The third-order valence-electron chi connectivity index (χ3n) is 2.51. The standard InChI is InChI=1S/C12H10O3/c1-12(9-5-3-2-4-6-9)11(14)7-10(8-13)15-12/h2-8H,1H3. The molecule has 0 spiro atoms. The van der Waals surface area contributed by atoms with E-state index in [1.54, 1.807) is 19.1 Å². The Morgan fingerprint density at radius 3 is 2.47 bits per heavy atom. The SMILES string of the molecule is CC1(c2ccccc2)OC(C=O)=CC1=O. The molecule has 0 saturated heterocycles. The van der Waals surface area contributed by atoms with Gasteiger partial charge in [-0.05, 0) is 6.92 Å². The first-order valence-electron chi connectivity index (χ1n) is 4.62. The summed E-state index contributed by atoms with van der Waals surface area (Å²) in [4.78, 5) is 22.2. The number of rotatable bonds is 2. The van der Waals surface area contributed by atoms with Crippen LogP contribution in [-0.4, -0.2) is 12.1 Å². The van der Waals surface area contributed by atoms with E-state index in [-0.39, 0.29) is 11.5 Å². The molecule has 1 aliphatic heterocycles. The number of ether oxygens (including phenoxy) is 1. The van der Waals surface area contributed by atoms with E-state index in [1.165, 1.54) is 6.08 Å². The Morgan fingerprint density at radius 2 is 1.93 bits per heavy atom. The van der Waals surface area contributed by atoms with E-state index < -0.39 is 5.60 Å². The molecular weight excluding hydrogens is 192 g/mol. The number of carbonyl (C=O) groups is 2. The van der Waals surface area contributed by atoms with E-state index >= 15 is 0 Å². The maximum Gasteiger partial charge on any atom is 0.207 e. The number of allylic oxidation sites excluding steroid dienone is 1. The summed E-state index contributed by atoms with van der Waals surface area (Å²) in [7, 11) is 0. The van der Waals surface area contributed by atoms with Gasteiger partial charge in [-0.1, -0.05) is 30.3 Å². The fraction of sp³-hybridized carbons (Fsp3) is 0.167. The van der Waals surface area contributed by atoms with Gasteiger partial charge in [-0.2, -0.15) is 0 Å². The van der Waals surface area contributed by atoms with Crippen molar-refractivity contribution in [3.05, 3.63) is 47.7 Å². The summed E-state index contributed by atoms with van der Waals surface area (Å²) in [5, 5.41) is 0. The van der Waals surface area contributed by atoms with Gasteiger partial charge in [-0.15, -0.1) is 0 Å². The van der Waals surface area contributed by atoms with E-state index in [9.17, 15) is 9.59 Å². The molecule has 0 saturated carbocycles. The van der Waals surface area contributed by atoms with E-state index in [2.05, 4.69) is 0 Å². The molecule has 1 aromatic rings. The Kier molecular flexibility index (Phi) is 2.15. The molecule has 0 fully saturated rings. The van der Waals surface area contributed by atoms with Gasteiger partial charge in [0.15, 0.2) is 17.6 Å². The molecule has 76 valence electrons. The van der Waals surface area contributed by atoms with Crippen LogP contribution in [0.4, 0.5) is 0 Å². The van der Waals surface area contributed by atoms with Crippen molar-refractivity contribution in [1.82, 2.24) is 0 Å². The molecule has 1 aromatic carbocycles. The summed E-state index contributed by atoms with van der Waals surface area (Å²) in [5.74, 6) is -0.109. The second-order valence-corrected chi connectivity index (χ2v) is 3.53. The minimum Gasteiger partial charge on any atom is -0.471 e. The smallest absolute Gasteiger partial charge is 0.207 e. The zero-order chi connectivity index (χ0) is 10.9. The third kappa shape index (κ3) is 1.46. The fourth-order valence-electron chi connectivity index (χ4n) is 1.60. The average molecular weight is 202 g/mol. The summed E-state index contributed by atoms with van der Waals surface area (Å²) in [6.07, 6.45) is 1.78. The average Bonchev–Trinajstić information content (AvgIpc) is 2.57. The molecule has 0 aliphatic carbocycles. The highest BCUT2D eigenvalue weighted by Gasteiger charge is 2.41. The highest BCUT2D eigenvalue weighted by Crippen LogP contribution is 2.33. The van der Waals surface area contributed by atoms with Crippen molar-refractivity contribution in [2.45, 2.75) is 12.5 Å². The van der Waals surface area contributed by atoms with E-state index in [4.69, 9.17) is 4.74 Å². The van der Waals surface area contributed by atoms with Gasteiger partial charge in [0.25, 0.3) is 0 Å². The molecule has 1 aliphatic rings. The van der Waals surface area contributed by atoms with Crippen LogP contribution in [0, 0.1) is 0 Å². The van der Waals surface area contributed by atoms with Gasteiger partial charge in [0, 0.05) is 11.6 Å². The second-order valence-electron chi connectivity index (χ2n) is 3.53. The maximum absolute atomic E-state index is 11.7. The van der Waals surface area contributed by atoms with Gasteiger partial charge in [-0.3, -0.25) is 9.59 Å². The molecule has 15 heavy (non-hydrogen) atoms. The molecular formula is C12H10O3. The Morgan fingerprint density at radius 1 is 1.27 bits per heavy atom. The van der Waals surface area contributed by atoms with Crippen LogP contribution in [0.5, 0.6) is 0 Å². The van der Waals surface area contributed by atoms with Gasteiger partial charge in [0.1, 0.15) is 0 Å². The molecule has 1 atom stereocenters. The topological polar surface area (TPSA) is 43.4 Å². The van der Waals surface area contributed by atoms with E-state index in [0.29, 0.717) is 6.29 Å². The van der Waals surface area contributed by atoms with Crippen LogP contribution in [0.25, 0.3) is 0 Å². The summed E-state index contributed by atoms with van der Waals surface area (Å²) in [6.45, 7) is 1.66. The van der Waals surface area contributed by atoms with Crippen molar-refractivity contribution in [2.75, 3.05) is 0 Å². The van der Waals surface area contributed by atoms with Crippen LogP contribution in [0.15, 0.2) is 42.2 Å². The molecule has 0 bridgehead atoms. The highest BCUT2D eigenvalue weighted by molar-refractivity contribution is 6.03. The Hall–Kier alpha value is -1.90. The molecule has 0 N–H and O–H groups in total. The third-order valence-corrected chi connectivity index (χ3v) is 2.51. The van der Waals surface area contributed by atoms with Crippen molar-refractivity contribution >= 4 is 12.1 Å². The lowest BCUT2D eigenvalue weighted by molar-refractivity contribution is -0.130. The molecule has 0 radical (unpaired) electrons. The lowest BCUT2D eigenvalue weighted by Crippen LogP contribution is -2.29. The van der Waals surface area contributed by atoms with E-state index in [0.717, 1.165) is 5.56 Å². The zero-order valence-corrected chi connectivity index (χ0v) is 8.27. The Labute approximate surface area is 87.4 Å². The normalized spacial score (nSPS) is 24.6. The molecule has 0 aromatic heterocycles. The summed E-state index contributed by atoms with van der Waals surface area (Å²) in [6, 6.07) is 9.13. The minimum atomic E-state index is -1.04. The number of aldehydes is 1. The van der Waals surface area contributed by atoms with Gasteiger partial charge in [0.2, 0.25) is 5.78 Å². The number of carbonyl (C=O) groups excluding carboxylic acids is 2. The van der Waals surface area contributed by atoms with Crippen molar-refractivity contribution in [2.24, 2.45) is 0 Å². The number of ketones is 1. The predicted molar refractivity (Wildman–Crippen MR) is 54.0 cm³/mol. The first-order valence-corrected chi connectivity index (χ1v) is 4.62. The van der Waals surface area contributed by atoms with Crippen LogP contribution < -0.4 is 0 Å². The first kappa shape index (κ1) is 9.65. The number of benzene rings is 1. The van der Waals surface area contributed by atoms with Crippen LogP contribution in [0.3, 0.4) is 0 Å². The van der Waals surface area contributed by atoms with Crippen LogP contribution >= 0.6 is 0 Å². The summed E-state index contributed by atoms with van der Waals surface area (Å²) in [5.41, 5.74) is -0.291. The quantitative estimate of drug-likeness (QED) is 0.684. The van der Waals surface area contributed by atoms with Crippen molar-refractivity contribution < 1.29 is 14.3 Å². The number of hydrogen-bond donors (Lipinski definition) is 0. The lowest BCUT2D eigenvalue weighted by atomic mass is 9.92. The monoisotopic (exact) mass is 202 g/mol. The van der Waals surface area contributed by atoms with Crippen LogP contribution in [0.1, 0.15) is 12.5 Å². The van der Waals surface area contributed by atoms with Crippen LogP contribution in [-0.2, 0) is 19.9 Å². The largest absolute Gasteiger partial charge is 0.471 e. The van der Waals surface area contributed by atoms with Gasteiger partial charge in [-0.25, -0.2) is 0 Å².